The molecule has 2 fully saturated rings. The van der Waals surface area contributed by atoms with E-state index >= 15 is 0 Å². The number of hydrogen-bond donors (Lipinski definition) is 0. The van der Waals surface area contributed by atoms with Crippen LogP contribution in [-0.2, 0) is 9.22 Å². The van der Waals surface area contributed by atoms with Crippen LogP contribution in [0.4, 0.5) is 8.78 Å². The van der Waals surface area contributed by atoms with Gasteiger partial charge < -0.3 is 4.43 Å². The largest absolute Gasteiger partial charge is 0.407 e. The molecule has 2 aliphatic carbocycles. The van der Waals surface area contributed by atoms with E-state index in [4.69, 9.17) is 4.43 Å². The van der Waals surface area contributed by atoms with Gasteiger partial charge in [-0.2, -0.15) is 0 Å². The second-order valence-corrected chi connectivity index (χ2v) is 14.5. The molecule has 0 amide bonds. The number of fused-ring (bicyclic) bond motifs is 1. The van der Waals surface area contributed by atoms with Crippen molar-refractivity contribution in [3.05, 3.63) is 0 Å². The number of Topliss-reactive ketones (excluding diaryl/α,β-unsaturated/α-hetero) is 1. The molecule has 0 aromatic heterocycles. The minimum atomic E-state index is -2.00. The maximum absolute atomic E-state index is 13.6. The first-order valence-electron chi connectivity index (χ1n) is 10.4. The summed E-state index contributed by atoms with van der Waals surface area (Å²) in [7, 11) is -2.00. The van der Waals surface area contributed by atoms with E-state index in [-0.39, 0.29) is 11.3 Å². The highest BCUT2D eigenvalue weighted by atomic mass is 28.4. The molecule has 5 heteroatoms. The minimum Gasteiger partial charge on any atom is -0.407 e. The molecule has 2 rings (SSSR count). The highest BCUT2D eigenvalue weighted by Gasteiger charge is 2.52. The van der Waals surface area contributed by atoms with E-state index in [2.05, 4.69) is 13.8 Å². The monoisotopic (exact) mass is 388 g/mol. The van der Waals surface area contributed by atoms with E-state index in [1.165, 1.54) is 0 Å². The zero-order valence-corrected chi connectivity index (χ0v) is 18.4. The molecule has 0 aromatic carbocycles. The number of alkyl halides is 2. The summed E-state index contributed by atoms with van der Waals surface area (Å²) >= 11 is 0. The molecule has 2 aliphatic rings. The summed E-state index contributed by atoms with van der Waals surface area (Å²) in [6.07, 6.45) is 7.26. The van der Waals surface area contributed by atoms with E-state index in [9.17, 15) is 13.6 Å². The third-order valence-corrected chi connectivity index (χ3v) is 7.97. The number of ketones is 1. The fourth-order valence-electron chi connectivity index (χ4n) is 5.78. The van der Waals surface area contributed by atoms with Crippen LogP contribution in [0, 0.1) is 23.2 Å². The molecule has 0 bridgehead atoms. The first-order chi connectivity index (χ1) is 12.1. The van der Waals surface area contributed by atoms with Gasteiger partial charge in [-0.05, 0) is 69.0 Å². The first kappa shape index (κ1) is 22.0. The number of rotatable bonds is 9. The summed E-state index contributed by atoms with van der Waals surface area (Å²) in [5, 5.41) is 0. The van der Waals surface area contributed by atoms with Crippen molar-refractivity contribution in [3.63, 3.8) is 0 Å². The molecule has 0 radical (unpaired) electrons. The van der Waals surface area contributed by atoms with Gasteiger partial charge in [0.15, 0.2) is 8.32 Å². The number of carbonyl (C=O) groups excluding carboxylic acids is 1. The fourth-order valence-corrected chi connectivity index (χ4v) is 7.29. The van der Waals surface area contributed by atoms with Crippen molar-refractivity contribution < 1.29 is 18.0 Å². The van der Waals surface area contributed by atoms with Crippen molar-refractivity contribution in [3.8, 4) is 0 Å². The van der Waals surface area contributed by atoms with Crippen LogP contribution in [0.25, 0.3) is 0 Å². The lowest BCUT2D eigenvalue weighted by Crippen LogP contribution is -2.46. The first-order valence-corrected chi connectivity index (χ1v) is 13.8. The van der Waals surface area contributed by atoms with Crippen LogP contribution in [0.3, 0.4) is 0 Å². The van der Waals surface area contributed by atoms with Crippen molar-refractivity contribution in [2.75, 3.05) is 13.3 Å². The average molecular weight is 389 g/mol. The van der Waals surface area contributed by atoms with Gasteiger partial charge in [-0.25, -0.2) is 8.78 Å². The highest BCUT2D eigenvalue weighted by Crippen LogP contribution is 2.57. The zero-order valence-electron chi connectivity index (χ0n) is 17.4. The summed E-state index contributed by atoms with van der Waals surface area (Å²) in [5.74, 6) is 1.75. The van der Waals surface area contributed by atoms with E-state index in [1.807, 2.05) is 19.6 Å². The van der Waals surface area contributed by atoms with Gasteiger partial charge in [0.1, 0.15) is 24.7 Å². The lowest BCUT2D eigenvalue weighted by Gasteiger charge is -2.42. The number of hydrogen-bond acceptors (Lipinski definition) is 2. The minimum absolute atomic E-state index is 0.140. The molecule has 0 N–H and O–H groups in total. The normalized spacial score (nSPS) is 31.1. The van der Waals surface area contributed by atoms with E-state index in [0.29, 0.717) is 24.0 Å². The molecule has 0 aliphatic heterocycles. The van der Waals surface area contributed by atoms with E-state index < -0.39 is 27.3 Å². The van der Waals surface area contributed by atoms with Crippen LogP contribution in [0.15, 0.2) is 0 Å². The van der Waals surface area contributed by atoms with Gasteiger partial charge in [0.2, 0.25) is 0 Å². The Hall–Kier alpha value is -0.293. The fraction of sp³-hybridized carbons (Fsp3) is 0.952. The molecule has 26 heavy (non-hydrogen) atoms. The Morgan fingerprint density at radius 2 is 1.92 bits per heavy atom. The second-order valence-electron chi connectivity index (χ2n) is 10.1. The van der Waals surface area contributed by atoms with E-state index in [1.54, 1.807) is 0 Å². The second kappa shape index (κ2) is 8.38. The molecule has 0 unspecified atom stereocenters. The Balaban J connectivity index is 1.93. The number of carbonyl (C=O) groups is 1. The van der Waals surface area contributed by atoms with Gasteiger partial charge >= 0.3 is 0 Å². The van der Waals surface area contributed by atoms with Gasteiger partial charge in [-0.1, -0.05) is 26.7 Å². The Kier molecular flexibility index (Phi) is 7.09. The zero-order chi connectivity index (χ0) is 19.6. The van der Waals surface area contributed by atoms with Gasteiger partial charge in [0, 0.05) is 12.3 Å². The van der Waals surface area contributed by atoms with Gasteiger partial charge in [0.25, 0.3) is 0 Å². The Labute approximate surface area is 159 Å². The molecule has 2 nitrogen and oxygen atoms in total. The summed E-state index contributed by atoms with van der Waals surface area (Å²) < 4.78 is 33.1. The van der Waals surface area contributed by atoms with Crippen molar-refractivity contribution in [1.29, 1.82) is 0 Å². The van der Waals surface area contributed by atoms with E-state index in [0.717, 1.165) is 44.9 Å². The molecule has 0 saturated heterocycles. The molecule has 0 heterocycles. The maximum atomic E-state index is 13.6. The van der Waals surface area contributed by atoms with Crippen molar-refractivity contribution in [2.24, 2.45) is 23.2 Å². The molecule has 152 valence electrons. The highest BCUT2D eigenvalue weighted by molar-refractivity contribution is 6.69. The predicted octanol–water partition coefficient (Wildman–Crippen LogP) is 6.11. The summed E-state index contributed by atoms with van der Waals surface area (Å²) in [6, 6.07) is 0. The average Bonchev–Trinajstić information content (AvgIpc) is 2.91. The molecule has 4 atom stereocenters. The van der Waals surface area contributed by atoms with Crippen LogP contribution in [0.5, 0.6) is 0 Å². The third-order valence-electron chi connectivity index (χ3n) is 6.93. The molecule has 2 saturated carbocycles. The Morgan fingerprint density at radius 3 is 2.50 bits per heavy atom. The van der Waals surface area contributed by atoms with Gasteiger partial charge in [-0.15, -0.1) is 0 Å². The van der Waals surface area contributed by atoms with Crippen LogP contribution in [0.2, 0.25) is 19.6 Å². The van der Waals surface area contributed by atoms with Crippen LogP contribution in [0.1, 0.15) is 65.2 Å². The summed E-state index contributed by atoms with van der Waals surface area (Å²) in [6.45, 7) is 9.02. The SMILES string of the molecule is C[C@H](CCCC(CF)(CF)O[Si](C)(C)C)[C@H]1CC[C@H]2C(=O)CCC[C@]12C. The summed E-state index contributed by atoms with van der Waals surface area (Å²) in [5.41, 5.74) is -1.10. The predicted molar refractivity (Wildman–Crippen MR) is 105 cm³/mol. The quantitative estimate of drug-likeness (QED) is 0.446. The van der Waals surface area contributed by atoms with Crippen LogP contribution in [-0.4, -0.2) is 33.1 Å². The third kappa shape index (κ3) is 4.75. The topological polar surface area (TPSA) is 26.3 Å². The molecule has 0 aromatic rings. The standard InChI is InChI=1S/C21H38F2O2Si/c1-16(8-6-13-21(14-22,15-23)25-26(3,4)5)17-10-11-18-19(24)9-7-12-20(17,18)2/h16-18H,6-15H2,1-5H3/t16-,17-,18+,20-/m1/s1. The molecule has 0 spiro atoms. The lowest BCUT2D eigenvalue weighted by molar-refractivity contribution is -0.130. The lowest BCUT2D eigenvalue weighted by atomic mass is 9.62. The molecular formula is C21H38F2O2Si. The van der Waals surface area contributed by atoms with Crippen LogP contribution >= 0.6 is 0 Å². The Morgan fingerprint density at radius 1 is 1.27 bits per heavy atom. The van der Waals surface area contributed by atoms with Crippen molar-refractivity contribution in [1.82, 2.24) is 0 Å². The van der Waals surface area contributed by atoms with Crippen molar-refractivity contribution >= 4 is 14.1 Å². The summed E-state index contributed by atoms with van der Waals surface area (Å²) in [4.78, 5) is 12.3. The van der Waals surface area contributed by atoms with Gasteiger partial charge in [0.05, 0.1) is 0 Å². The van der Waals surface area contributed by atoms with Crippen molar-refractivity contribution in [2.45, 2.75) is 90.5 Å². The molecular weight excluding hydrogens is 350 g/mol. The Bertz CT molecular complexity index is 487. The smallest absolute Gasteiger partial charge is 0.184 e. The van der Waals surface area contributed by atoms with Crippen LogP contribution < -0.4 is 0 Å². The number of halogens is 2. The maximum Gasteiger partial charge on any atom is 0.184 e. The van der Waals surface area contributed by atoms with Gasteiger partial charge in [-0.3, -0.25) is 4.79 Å².